The van der Waals surface area contributed by atoms with E-state index in [1.54, 1.807) is 12.4 Å². The lowest BCUT2D eigenvalue weighted by atomic mass is 10.2. The van der Waals surface area contributed by atoms with E-state index in [4.69, 9.17) is 23.2 Å². The molecule has 0 saturated heterocycles. The summed E-state index contributed by atoms with van der Waals surface area (Å²) in [5.41, 5.74) is 2.51. The number of hydrogen-bond acceptors (Lipinski definition) is 2. The summed E-state index contributed by atoms with van der Waals surface area (Å²) in [7, 11) is 0. The first-order valence-electron chi connectivity index (χ1n) is 4.43. The topological polar surface area (TPSA) is 25.8 Å². The number of halogens is 2. The normalized spacial score (nSPS) is 10.3. The maximum Gasteiger partial charge on any atom is 0.0893 e. The summed E-state index contributed by atoms with van der Waals surface area (Å²) in [4.78, 5) is 8.32. The van der Waals surface area contributed by atoms with Gasteiger partial charge in [-0.15, -0.1) is 11.6 Å². The average Bonchev–Trinajstić information content (AvgIpc) is 2.31. The van der Waals surface area contributed by atoms with E-state index in [2.05, 4.69) is 9.97 Å². The van der Waals surface area contributed by atoms with Crippen molar-refractivity contribution in [2.24, 2.45) is 0 Å². The van der Waals surface area contributed by atoms with Crippen molar-refractivity contribution in [1.82, 2.24) is 9.97 Å². The van der Waals surface area contributed by atoms with Crippen molar-refractivity contribution in [2.75, 3.05) is 0 Å². The van der Waals surface area contributed by atoms with Gasteiger partial charge in [-0.25, -0.2) is 4.98 Å². The minimum absolute atomic E-state index is 0.384. The molecule has 0 aliphatic carbocycles. The Kier molecular flexibility index (Phi) is 3.19. The number of pyridine rings is 2. The zero-order valence-corrected chi connectivity index (χ0v) is 9.33. The van der Waals surface area contributed by atoms with E-state index in [0.717, 1.165) is 17.0 Å². The Morgan fingerprint density at radius 2 is 1.80 bits per heavy atom. The van der Waals surface area contributed by atoms with Gasteiger partial charge in [-0.1, -0.05) is 11.6 Å². The number of alkyl halides is 1. The van der Waals surface area contributed by atoms with E-state index in [0.29, 0.717) is 10.9 Å². The van der Waals surface area contributed by atoms with Gasteiger partial charge in [0, 0.05) is 18.0 Å². The zero-order chi connectivity index (χ0) is 10.7. The van der Waals surface area contributed by atoms with Crippen LogP contribution >= 0.6 is 23.2 Å². The molecule has 15 heavy (non-hydrogen) atoms. The molecular weight excluding hydrogens is 231 g/mol. The summed E-state index contributed by atoms with van der Waals surface area (Å²) in [6.45, 7) is 0. The van der Waals surface area contributed by atoms with Crippen molar-refractivity contribution in [3.8, 4) is 11.3 Å². The zero-order valence-electron chi connectivity index (χ0n) is 7.82. The lowest BCUT2D eigenvalue weighted by Gasteiger charge is -2.04. The molecule has 2 aromatic rings. The highest BCUT2D eigenvalue weighted by molar-refractivity contribution is 6.33. The van der Waals surface area contributed by atoms with Crippen molar-refractivity contribution in [3.05, 3.63) is 47.4 Å². The predicted molar refractivity (Wildman–Crippen MR) is 62.0 cm³/mol. The molecule has 0 amide bonds. The van der Waals surface area contributed by atoms with Crippen molar-refractivity contribution in [3.63, 3.8) is 0 Å². The van der Waals surface area contributed by atoms with Gasteiger partial charge in [0.05, 0.1) is 22.3 Å². The number of nitrogens with zero attached hydrogens (tertiary/aromatic N) is 2. The molecule has 0 aliphatic heterocycles. The average molecular weight is 239 g/mol. The van der Waals surface area contributed by atoms with Gasteiger partial charge in [0.25, 0.3) is 0 Å². The summed E-state index contributed by atoms with van der Waals surface area (Å²) in [6.07, 6.45) is 3.42. The summed E-state index contributed by atoms with van der Waals surface area (Å²) >= 11 is 11.8. The van der Waals surface area contributed by atoms with Gasteiger partial charge >= 0.3 is 0 Å². The largest absolute Gasteiger partial charge is 0.265 e. The van der Waals surface area contributed by atoms with Crippen LogP contribution in [0.1, 0.15) is 5.69 Å². The lowest BCUT2D eigenvalue weighted by molar-refractivity contribution is 1.17. The van der Waals surface area contributed by atoms with Crippen LogP contribution in [-0.4, -0.2) is 9.97 Å². The Hall–Kier alpha value is -1.12. The second-order valence-corrected chi connectivity index (χ2v) is 3.68. The fraction of sp³-hybridized carbons (Fsp3) is 0.0909. The van der Waals surface area contributed by atoms with E-state index >= 15 is 0 Å². The fourth-order valence-corrected chi connectivity index (χ4v) is 1.63. The first-order chi connectivity index (χ1) is 7.31. The first kappa shape index (κ1) is 10.4. The summed E-state index contributed by atoms with van der Waals surface area (Å²) in [5, 5.41) is 0.620. The monoisotopic (exact) mass is 238 g/mol. The van der Waals surface area contributed by atoms with Crippen LogP contribution in [0.15, 0.2) is 36.7 Å². The Bertz CT molecular complexity index is 457. The highest BCUT2D eigenvalue weighted by atomic mass is 35.5. The highest BCUT2D eigenvalue weighted by Gasteiger charge is 2.05. The third-order valence-electron chi connectivity index (χ3n) is 1.99. The van der Waals surface area contributed by atoms with Crippen LogP contribution < -0.4 is 0 Å². The van der Waals surface area contributed by atoms with Gasteiger partial charge in [-0.2, -0.15) is 0 Å². The van der Waals surface area contributed by atoms with Gasteiger partial charge in [-0.05, 0) is 24.3 Å². The minimum atomic E-state index is 0.384. The molecule has 2 nitrogen and oxygen atoms in total. The number of rotatable bonds is 2. The van der Waals surface area contributed by atoms with E-state index in [1.165, 1.54) is 0 Å². The van der Waals surface area contributed by atoms with E-state index in [-0.39, 0.29) is 0 Å². The highest BCUT2D eigenvalue weighted by Crippen LogP contribution is 2.25. The second kappa shape index (κ2) is 4.60. The molecule has 0 aliphatic rings. The molecule has 0 fully saturated rings. The molecule has 4 heteroatoms. The third kappa shape index (κ3) is 2.28. The molecule has 0 atom stereocenters. The van der Waals surface area contributed by atoms with Crippen molar-refractivity contribution < 1.29 is 0 Å². The smallest absolute Gasteiger partial charge is 0.0893 e. The van der Waals surface area contributed by atoms with Crippen LogP contribution in [0.2, 0.25) is 5.02 Å². The van der Waals surface area contributed by atoms with Gasteiger partial charge in [0.1, 0.15) is 0 Å². The molecule has 2 aromatic heterocycles. The van der Waals surface area contributed by atoms with E-state index in [1.807, 2.05) is 24.3 Å². The van der Waals surface area contributed by atoms with Crippen LogP contribution in [-0.2, 0) is 5.88 Å². The Morgan fingerprint density at radius 3 is 2.47 bits per heavy atom. The number of hydrogen-bond donors (Lipinski definition) is 0. The van der Waals surface area contributed by atoms with E-state index < -0.39 is 0 Å². The predicted octanol–water partition coefficient (Wildman–Crippen LogP) is 3.54. The van der Waals surface area contributed by atoms with Crippen LogP contribution in [0.25, 0.3) is 11.3 Å². The molecule has 76 valence electrons. The Morgan fingerprint density at radius 1 is 1.07 bits per heavy atom. The molecule has 0 N–H and O–H groups in total. The molecule has 0 bridgehead atoms. The van der Waals surface area contributed by atoms with Gasteiger partial charge in [-0.3, -0.25) is 4.98 Å². The van der Waals surface area contributed by atoms with Crippen molar-refractivity contribution in [1.29, 1.82) is 0 Å². The quantitative estimate of drug-likeness (QED) is 0.749. The number of aromatic nitrogens is 2. The molecule has 0 spiro atoms. The van der Waals surface area contributed by atoms with Gasteiger partial charge in [0.15, 0.2) is 0 Å². The molecule has 2 heterocycles. The molecule has 0 saturated carbocycles. The molecule has 2 rings (SSSR count). The summed E-state index contributed by atoms with van der Waals surface area (Å²) in [6, 6.07) is 7.36. The van der Waals surface area contributed by atoms with Crippen LogP contribution in [0.3, 0.4) is 0 Å². The fourth-order valence-electron chi connectivity index (χ4n) is 1.27. The van der Waals surface area contributed by atoms with Gasteiger partial charge < -0.3 is 0 Å². The maximum atomic E-state index is 6.06. The van der Waals surface area contributed by atoms with E-state index in [9.17, 15) is 0 Å². The summed E-state index contributed by atoms with van der Waals surface area (Å²) < 4.78 is 0. The second-order valence-electron chi connectivity index (χ2n) is 3.00. The lowest BCUT2D eigenvalue weighted by Crippen LogP contribution is -1.90. The third-order valence-corrected chi connectivity index (χ3v) is 2.57. The van der Waals surface area contributed by atoms with Crippen molar-refractivity contribution in [2.45, 2.75) is 5.88 Å². The van der Waals surface area contributed by atoms with Gasteiger partial charge in [0.2, 0.25) is 0 Å². The SMILES string of the molecule is ClCc1ccc(Cl)c(-c2ccncc2)n1. The molecule has 0 aromatic carbocycles. The first-order valence-corrected chi connectivity index (χ1v) is 5.34. The van der Waals surface area contributed by atoms with Crippen LogP contribution in [0, 0.1) is 0 Å². The van der Waals surface area contributed by atoms with Crippen LogP contribution in [0.4, 0.5) is 0 Å². The maximum absolute atomic E-state index is 6.06. The summed E-state index contributed by atoms with van der Waals surface area (Å²) in [5.74, 6) is 0.384. The Balaban J connectivity index is 2.52. The molecule has 0 radical (unpaired) electrons. The van der Waals surface area contributed by atoms with Crippen LogP contribution in [0.5, 0.6) is 0 Å². The Labute approximate surface area is 97.9 Å². The molecular formula is C11H8Cl2N2. The standard InChI is InChI=1S/C11H8Cl2N2/c12-7-9-1-2-10(13)11(15-9)8-3-5-14-6-4-8/h1-6H,7H2. The minimum Gasteiger partial charge on any atom is -0.265 e. The van der Waals surface area contributed by atoms with Crippen molar-refractivity contribution >= 4 is 23.2 Å². The molecule has 0 unspecified atom stereocenters.